The third kappa shape index (κ3) is 2.61. The summed E-state index contributed by atoms with van der Waals surface area (Å²) in [6.45, 7) is 3.72. The Morgan fingerprint density at radius 3 is 2.61 bits per heavy atom. The predicted molar refractivity (Wildman–Crippen MR) is 72.3 cm³/mol. The summed E-state index contributed by atoms with van der Waals surface area (Å²) in [6, 6.07) is 4.87. The number of hydrogen-bond acceptors (Lipinski definition) is 3. The molecule has 1 aromatic heterocycles. The molecule has 0 saturated heterocycles. The summed E-state index contributed by atoms with van der Waals surface area (Å²) in [5.41, 5.74) is 8.18. The summed E-state index contributed by atoms with van der Waals surface area (Å²) in [7, 11) is 0. The topological polar surface area (TPSA) is 48.1 Å². The largest absolute Gasteiger partial charge is 0.436 e. The molecule has 0 aliphatic carbocycles. The van der Waals surface area contributed by atoms with Crippen LogP contribution in [0.1, 0.15) is 11.1 Å². The molecule has 94 valence electrons. The van der Waals surface area contributed by atoms with Crippen LogP contribution in [-0.4, -0.2) is 4.98 Å². The highest BCUT2D eigenvalue weighted by molar-refractivity contribution is 9.10. The van der Waals surface area contributed by atoms with Gasteiger partial charge in [-0.1, -0.05) is 0 Å². The molecular weight excluding hydrogens is 299 g/mol. The van der Waals surface area contributed by atoms with Gasteiger partial charge in [0, 0.05) is 16.4 Å². The smallest absolute Gasteiger partial charge is 0.255 e. The molecule has 0 spiro atoms. The highest BCUT2D eigenvalue weighted by Crippen LogP contribution is 2.29. The van der Waals surface area contributed by atoms with Crippen molar-refractivity contribution in [3.63, 3.8) is 0 Å². The van der Waals surface area contributed by atoms with Gasteiger partial charge in [0.1, 0.15) is 5.75 Å². The minimum atomic E-state index is -0.516. The van der Waals surface area contributed by atoms with E-state index in [0.717, 1.165) is 11.1 Å². The van der Waals surface area contributed by atoms with Gasteiger partial charge in [0.05, 0.1) is 0 Å². The van der Waals surface area contributed by atoms with Crippen molar-refractivity contribution in [2.24, 2.45) is 0 Å². The van der Waals surface area contributed by atoms with Crippen LogP contribution in [0.2, 0.25) is 0 Å². The fourth-order valence-electron chi connectivity index (χ4n) is 1.50. The molecule has 5 heteroatoms. The van der Waals surface area contributed by atoms with Crippen LogP contribution in [0.4, 0.5) is 10.1 Å². The van der Waals surface area contributed by atoms with Crippen LogP contribution >= 0.6 is 15.9 Å². The van der Waals surface area contributed by atoms with Gasteiger partial charge in [-0.2, -0.15) is 0 Å². The second-order valence-electron chi connectivity index (χ2n) is 4.02. The number of ether oxygens (including phenoxy) is 1. The monoisotopic (exact) mass is 310 g/mol. The van der Waals surface area contributed by atoms with Gasteiger partial charge in [-0.05, 0) is 59.1 Å². The molecule has 0 bridgehead atoms. The average molecular weight is 311 g/mol. The minimum absolute atomic E-state index is 0.0505. The third-order valence-electron chi connectivity index (χ3n) is 2.54. The van der Waals surface area contributed by atoms with Crippen LogP contribution in [0.15, 0.2) is 28.9 Å². The van der Waals surface area contributed by atoms with Crippen molar-refractivity contribution in [2.45, 2.75) is 13.8 Å². The Kier molecular flexibility index (Phi) is 3.52. The first-order valence-corrected chi connectivity index (χ1v) is 6.12. The van der Waals surface area contributed by atoms with Crippen LogP contribution in [-0.2, 0) is 0 Å². The summed E-state index contributed by atoms with van der Waals surface area (Å²) in [5, 5.41) is 0. The molecule has 0 fully saturated rings. The maximum absolute atomic E-state index is 13.6. The van der Waals surface area contributed by atoms with Crippen LogP contribution < -0.4 is 10.5 Å². The molecule has 1 aromatic carbocycles. The lowest BCUT2D eigenvalue weighted by molar-refractivity contribution is 0.419. The van der Waals surface area contributed by atoms with Crippen LogP contribution in [0.25, 0.3) is 0 Å². The first kappa shape index (κ1) is 12.8. The molecule has 1 heterocycles. The number of rotatable bonds is 2. The van der Waals surface area contributed by atoms with Gasteiger partial charge in [-0.15, -0.1) is 0 Å². The number of anilines is 1. The normalized spacial score (nSPS) is 10.4. The highest BCUT2D eigenvalue weighted by Gasteiger charge is 2.10. The van der Waals surface area contributed by atoms with Crippen molar-refractivity contribution >= 4 is 21.6 Å². The summed E-state index contributed by atoms with van der Waals surface area (Å²) >= 11 is 3.14. The number of hydrogen-bond donors (Lipinski definition) is 1. The number of halogens is 2. The zero-order chi connectivity index (χ0) is 13.3. The highest BCUT2D eigenvalue weighted by atomic mass is 79.9. The summed E-state index contributed by atoms with van der Waals surface area (Å²) in [5.74, 6) is -0.0147. The van der Waals surface area contributed by atoms with Gasteiger partial charge >= 0.3 is 0 Å². The first-order chi connectivity index (χ1) is 8.47. The predicted octanol–water partition coefficient (Wildman–Crippen LogP) is 3.97. The molecule has 0 saturated carbocycles. The molecular formula is C13H12BrFN2O. The maximum Gasteiger partial charge on any atom is 0.255 e. The summed E-state index contributed by atoms with van der Waals surface area (Å²) < 4.78 is 19.6. The Labute approximate surface area is 113 Å². The van der Waals surface area contributed by atoms with E-state index in [1.54, 1.807) is 12.1 Å². The molecule has 3 nitrogen and oxygen atoms in total. The van der Waals surface area contributed by atoms with E-state index in [2.05, 4.69) is 20.9 Å². The van der Waals surface area contributed by atoms with Gasteiger partial charge in [-0.25, -0.2) is 9.37 Å². The zero-order valence-corrected chi connectivity index (χ0v) is 11.6. The molecule has 2 N–H and O–H groups in total. The van der Waals surface area contributed by atoms with Gasteiger partial charge in [0.15, 0.2) is 5.82 Å². The standard InChI is InChI=1S/C13H12BrFN2O/c1-7-4-12(8(2)3-11(7)16)18-13-10(15)5-9(14)6-17-13/h3-6H,16H2,1-2H3. The number of nitrogen functional groups attached to an aromatic ring is 1. The van der Waals surface area contributed by atoms with Crippen molar-refractivity contribution in [1.82, 2.24) is 4.98 Å². The van der Waals surface area contributed by atoms with E-state index in [4.69, 9.17) is 10.5 Å². The Bertz CT molecular complexity index is 602. The summed E-state index contributed by atoms with van der Waals surface area (Å²) in [4.78, 5) is 3.89. The maximum atomic E-state index is 13.6. The molecule has 0 radical (unpaired) electrons. The van der Waals surface area contributed by atoms with Crippen molar-refractivity contribution in [1.29, 1.82) is 0 Å². The second kappa shape index (κ2) is 4.94. The molecule has 0 aliphatic rings. The molecule has 0 amide bonds. The first-order valence-electron chi connectivity index (χ1n) is 5.33. The molecule has 2 aromatic rings. The summed E-state index contributed by atoms with van der Waals surface area (Å²) in [6.07, 6.45) is 1.48. The Morgan fingerprint density at radius 1 is 1.22 bits per heavy atom. The molecule has 0 aliphatic heterocycles. The zero-order valence-electron chi connectivity index (χ0n) is 10.00. The van der Waals surface area contributed by atoms with Crippen LogP contribution in [0.3, 0.4) is 0 Å². The number of nitrogens with zero attached hydrogens (tertiary/aromatic N) is 1. The Morgan fingerprint density at radius 2 is 1.94 bits per heavy atom. The lowest BCUT2D eigenvalue weighted by atomic mass is 10.1. The van der Waals surface area contributed by atoms with E-state index < -0.39 is 5.82 Å². The minimum Gasteiger partial charge on any atom is -0.436 e. The van der Waals surface area contributed by atoms with Crippen molar-refractivity contribution in [2.75, 3.05) is 5.73 Å². The SMILES string of the molecule is Cc1cc(Oc2ncc(Br)cc2F)c(C)cc1N. The van der Waals surface area contributed by atoms with Gasteiger partial charge in [-0.3, -0.25) is 0 Å². The van der Waals surface area contributed by atoms with Crippen LogP contribution in [0, 0.1) is 19.7 Å². The van der Waals surface area contributed by atoms with E-state index in [-0.39, 0.29) is 5.88 Å². The van der Waals surface area contributed by atoms with Gasteiger partial charge in [0.2, 0.25) is 0 Å². The molecule has 0 unspecified atom stereocenters. The molecule has 18 heavy (non-hydrogen) atoms. The number of aromatic nitrogens is 1. The second-order valence-corrected chi connectivity index (χ2v) is 4.93. The average Bonchev–Trinajstić information content (AvgIpc) is 2.29. The fraction of sp³-hybridized carbons (Fsp3) is 0.154. The fourth-order valence-corrected chi connectivity index (χ4v) is 1.81. The van der Waals surface area contributed by atoms with E-state index >= 15 is 0 Å². The Hall–Kier alpha value is -1.62. The number of aryl methyl sites for hydroxylation is 2. The molecule has 0 atom stereocenters. The van der Waals surface area contributed by atoms with Crippen LogP contribution in [0.5, 0.6) is 11.6 Å². The van der Waals surface area contributed by atoms with E-state index in [1.165, 1.54) is 12.3 Å². The third-order valence-corrected chi connectivity index (χ3v) is 2.98. The van der Waals surface area contributed by atoms with Crippen molar-refractivity contribution in [3.05, 3.63) is 45.8 Å². The van der Waals surface area contributed by atoms with E-state index in [0.29, 0.717) is 15.9 Å². The quantitative estimate of drug-likeness (QED) is 0.854. The van der Waals surface area contributed by atoms with Gasteiger partial charge < -0.3 is 10.5 Å². The lowest BCUT2D eigenvalue weighted by Crippen LogP contribution is -1.97. The Balaban J connectivity index is 2.37. The van der Waals surface area contributed by atoms with Crippen molar-refractivity contribution in [3.8, 4) is 11.6 Å². The van der Waals surface area contributed by atoms with Crippen molar-refractivity contribution < 1.29 is 9.13 Å². The van der Waals surface area contributed by atoms with E-state index in [1.807, 2.05) is 13.8 Å². The number of benzene rings is 1. The molecule has 2 rings (SSSR count). The van der Waals surface area contributed by atoms with Gasteiger partial charge in [0.25, 0.3) is 5.88 Å². The lowest BCUT2D eigenvalue weighted by Gasteiger charge is -2.11. The number of pyridine rings is 1. The van der Waals surface area contributed by atoms with E-state index in [9.17, 15) is 4.39 Å². The number of nitrogens with two attached hydrogens (primary N) is 1.